The average molecular weight is 269 g/mol. The minimum Gasteiger partial charge on any atom is -0.465 e. The van der Waals surface area contributed by atoms with Crippen LogP contribution in [0.1, 0.15) is 66.7 Å². The van der Waals surface area contributed by atoms with E-state index in [9.17, 15) is 4.79 Å². The van der Waals surface area contributed by atoms with E-state index in [1.54, 1.807) is 0 Å². The molecule has 0 aromatic heterocycles. The van der Waals surface area contributed by atoms with Crippen LogP contribution in [0.15, 0.2) is 0 Å². The highest BCUT2D eigenvalue weighted by Crippen LogP contribution is 2.38. The standard InChI is InChI=1S/C16H31NO2/c1-6-19-14(18)16(17-12-13(2)3)9-7-8-15(4,5)10-11-16/h13,17H,6-12H2,1-5H3. The van der Waals surface area contributed by atoms with Gasteiger partial charge in [0.1, 0.15) is 5.54 Å². The van der Waals surface area contributed by atoms with Gasteiger partial charge < -0.3 is 10.1 Å². The molecular formula is C16H31NO2. The van der Waals surface area contributed by atoms with E-state index >= 15 is 0 Å². The first-order valence-corrected chi connectivity index (χ1v) is 7.73. The summed E-state index contributed by atoms with van der Waals surface area (Å²) in [6, 6.07) is 0. The lowest BCUT2D eigenvalue weighted by atomic mass is 9.83. The molecule has 0 amide bonds. The second-order valence-corrected chi connectivity index (χ2v) is 7.10. The molecule has 1 saturated carbocycles. The molecule has 1 N–H and O–H groups in total. The van der Waals surface area contributed by atoms with E-state index in [0.717, 1.165) is 32.2 Å². The molecule has 1 aliphatic carbocycles. The van der Waals surface area contributed by atoms with Gasteiger partial charge in [0.25, 0.3) is 0 Å². The Bertz CT molecular complexity index is 299. The van der Waals surface area contributed by atoms with Crippen molar-refractivity contribution in [1.82, 2.24) is 5.32 Å². The summed E-state index contributed by atoms with van der Waals surface area (Å²) in [6.07, 6.45) is 5.17. The SMILES string of the molecule is CCOC(=O)C1(NCC(C)C)CCCC(C)(C)CC1. The molecule has 0 aromatic rings. The predicted molar refractivity (Wildman–Crippen MR) is 79.1 cm³/mol. The van der Waals surface area contributed by atoms with Gasteiger partial charge in [-0.15, -0.1) is 0 Å². The zero-order valence-electron chi connectivity index (χ0n) is 13.3. The molecule has 19 heavy (non-hydrogen) atoms. The fourth-order valence-electron chi connectivity index (χ4n) is 2.79. The summed E-state index contributed by atoms with van der Waals surface area (Å²) in [5.74, 6) is 0.496. The second kappa shape index (κ2) is 6.74. The maximum Gasteiger partial charge on any atom is 0.326 e. The summed E-state index contributed by atoms with van der Waals surface area (Å²) in [4.78, 5) is 12.4. The van der Waals surface area contributed by atoms with E-state index < -0.39 is 5.54 Å². The molecule has 1 fully saturated rings. The number of carbonyl (C=O) groups excluding carboxylic acids is 1. The Hall–Kier alpha value is -0.570. The topological polar surface area (TPSA) is 38.3 Å². The first kappa shape index (κ1) is 16.5. The minimum atomic E-state index is -0.450. The van der Waals surface area contributed by atoms with Crippen LogP contribution in [0.5, 0.6) is 0 Å². The van der Waals surface area contributed by atoms with Crippen molar-refractivity contribution in [3.8, 4) is 0 Å². The molecule has 0 aromatic carbocycles. The van der Waals surface area contributed by atoms with Gasteiger partial charge in [0, 0.05) is 0 Å². The predicted octanol–water partition coefficient (Wildman–Crippen LogP) is 3.52. The van der Waals surface area contributed by atoms with Gasteiger partial charge in [0.2, 0.25) is 0 Å². The van der Waals surface area contributed by atoms with Crippen LogP contribution in [0.4, 0.5) is 0 Å². The molecular weight excluding hydrogens is 238 g/mol. The van der Waals surface area contributed by atoms with E-state index in [0.29, 0.717) is 17.9 Å². The van der Waals surface area contributed by atoms with Crippen LogP contribution < -0.4 is 5.32 Å². The number of carbonyl (C=O) groups is 1. The zero-order valence-corrected chi connectivity index (χ0v) is 13.3. The molecule has 1 aliphatic rings. The van der Waals surface area contributed by atoms with Crippen molar-refractivity contribution in [2.24, 2.45) is 11.3 Å². The van der Waals surface area contributed by atoms with Gasteiger partial charge in [-0.05, 0) is 50.5 Å². The van der Waals surface area contributed by atoms with Crippen LogP contribution in [-0.2, 0) is 9.53 Å². The largest absolute Gasteiger partial charge is 0.465 e. The number of nitrogens with one attached hydrogen (secondary N) is 1. The van der Waals surface area contributed by atoms with Crippen molar-refractivity contribution in [3.05, 3.63) is 0 Å². The number of hydrogen-bond donors (Lipinski definition) is 1. The molecule has 1 atom stereocenters. The van der Waals surface area contributed by atoms with E-state index in [1.807, 2.05) is 6.92 Å². The summed E-state index contributed by atoms with van der Waals surface area (Å²) < 4.78 is 5.34. The van der Waals surface area contributed by atoms with Crippen LogP contribution >= 0.6 is 0 Å². The Labute approximate surface area is 118 Å². The summed E-state index contributed by atoms with van der Waals surface area (Å²) >= 11 is 0. The van der Waals surface area contributed by atoms with Crippen molar-refractivity contribution >= 4 is 5.97 Å². The summed E-state index contributed by atoms with van der Waals surface area (Å²) in [5.41, 5.74) is -0.109. The minimum absolute atomic E-state index is 0.0478. The monoisotopic (exact) mass is 269 g/mol. The lowest BCUT2D eigenvalue weighted by Gasteiger charge is -2.33. The van der Waals surface area contributed by atoms with E-state index in [-0.39, 0.29) is 5.97 Å². The van der Waals surface area contributed by atoms with Gasteiger partial charge in [0.05, 0.1) is 6.61 Å². The molecule has 0 bridgehead atoms. The molecule has 3 heteroatoms. The molecule has 3 nitrogen and oxygen atoms in total. The van der Waals surface area contributed by atoms with Gasteiger partial charge in [-0.2, -0.15) is 0 Å². The van der Waals surface area contributed by atoms with Crippen LogP contribution in [0, 0.1) is 11.3 Å². The van der Waals surface area contributed by atoms with Gasteiger partial charge in [-0.3, -0.25) is 4.79 Å². The van der Waals surface area contributed by atoms with Crippen LogP contribution in [-0.4, -0.2) is 24.7 Å². The third-order valence-electron chi connectivity index (χ3n) is 4.20. The Morgan fingerprint density at radius 1 is 1.21 bits per heavy atom. The second-order valence-electron chi connectivity index (χ2n) is 7.10. The van der Waals surface area contributed by atoms with Crippen LogP contribution in [0.25, 0.3) is 0 Å². The maximum absolute atomic E-state index is 12.4. The molecule has 0 spiro atoms. The number of rotatable bonds is 5. The Kier molecular flexibility index (Phi) is 5.84. The molecule has 1 rings (SSSR count). The van der Waals surface area contributed by atoms with Crippen molar-refractivity contribution < 1.29 is 9.53 Å². The Balaban J connectivity index is 2.82. The third-order valence-corrected chi connectivity index (χ3v) is 4.20. The first-order chi connectivity index (χ1) is 8.81. The number of ether oxygens (including phenoxy) is 1. The fourth-order valence-corrected chi connectivity index (χ4v) is 2.79. The van der Waals surface area contributed by atoms with Crippen molar-refractivity contribution in [1.29, 1.82) is 0 Å². The quantitative estimate of drug-likeness (QED) is 0.613. The van der Waals surface area contributed by atoms with E-state index in [4.69, 9.17) is 4.74 Å². The zero-order chi connectivity index (χ0) is 14.5. The number of esters is 1. The highest BCUT2D eigenvalue weighted by atomic mass is 16.5. The van der Waals surface area contributed by atoms with Gasteiger partial charge in [-0.1, -0.05) is 34.1 Å². The van der Waals surface area contributed by atoms with Crippen LogP contribution in [0.3, 0.4) is 0 Å². The highest BCUT2D eigenvalue weighted by molar-refractivity contribution is 5.81. The molecule has 0 saturated heterocycles. The van der Waals surface area contributed by atoms with Crippen molar-refractivity contribution in [2.45, 2.75) is 72.3 Å². The summed E-state index contributed by atoms with van der Waals surface area (Å²) in [6.45, 7) is 12.2. The third kappa shape index (κ3) is 4.79. The van der Waals surface area contributed by atoms with Crippen molar-refractivity contribution in [2.75, 3.05) is 13.2 Å². The number of hydrogen-bond acceptors (Lipinski definition) is 3. The molecule has 112 valence electrons. The summed E-state index contributed by atoms with van der Waals surface area (Å²) in [7, 11) is 0. The first-order valence-electron chi connectivity index (χ1n) is 7.73. The molecule has 1 unspecified atom stereocenters. The molecule has 0 radical (unpaired) electrons. The molecule has 0 heterocycles. The Morgan fingerprint density at radius 2 is 1.89 bits per heavy atom. The van der Waals surface area contributed by atoms with Gasteiger partial charge in [0.15, 0.2) is 0 Å². The van der Waals surface area contributed by atoms with Crippen molar-refractivity contribution in [3.63, 3.8) is 0 Å². The average Bonchev–Trinajstić information content (AvgIpc) is 2.47. The lowest BCUT2D eigenvalue weighted by Crippen LogP contribution is -2.53. The highest BCUT2D eigenvalue weighted by Gasteiger charge is 2.42. The summed E-state index contributed by atoms with van der Waals surface area (Å²) in [5, 5.41) is 3.52. The van der Waals surface area contributed by atoms with Crippen LogP contribution in [0.2, 0.25) is 0 Å². The van der Waals surface area contributed by atoms with Gasteiger partial charge >= 0.3 is 5.97 Å². The lowest BCUT2D eigenvalue weighted by molar-refractivity contribution is -0.152. The Morgan fingerprint density at radius 3 is 2.47 bits per heavy atom. The normalized spacial score (nSPS) is 27.1. The van der Waals surface area contributed by atoms with Gasteiger partial charge in [-0.25, -0.2) is 0 Å². The smallest absolute Gasteiger partial charge is 0.326 e. The van der Waals surface area contributed by atoms with E-state index in [1.165, 1.54) is 6.42 Å². The van der Waals surface area contributed by atoms with E-state index in [2.05, 4.69) is 33.0 Å². The maximum atomic E-state index is 12.4. The fraction of sp³-hybridized carbons (Fsp3) is 0.938. The molecule has 0 aliphatic heterocycles.